The average molecular weight is 403 g/mol. The van der Waals surface area contributed by atoms with Crippen LogP contribution in [0.25, 0.3) is 10.2 Å². The van der Waals surface area contributed by atoms with Gasteiger partial charge in [0.05, 0.1) is 15.8 Å². The molecule has 6 heteroatoms. The monoisotopic (exact) mass is 402 g/mol. The standard InChI is InChI=1S/C20H22N2OS3/c1-13-11-16-18(12-14(13)2)26-20(22(16)9-10-24-3)21-19(23)15-7-5-6-8-17(15)25-4/h5-8,11-12H,9-10H2,1-4H3. The fraction of sp³-hybridized carbons (Fsp3) is 0.300. The second-order valence-electron chi connectivity index (χ2n) is 6.05. The molecule has 0 spiro atoms. The van der Waals surface area contributed by atoms with Crippen molar-refractivity contribution >= 4 is 51.0 Å². The third kappa shape index (κ3) is 3.92. The molecule has 1 amide bonds. The summed E-state index contributed by atoms with van der Waals surface area (Å²) in [6.07, 6.45) is 4.08. The Labute approximate surface area is 166 Å². The number of nitrogens with zero attached hydrogens (tertiary/aromatic N) is 2. The van der Waals surface area contributed by atoms with Crippen molar-refractivity contribution in [3.8, 4) is 0 Å². The van der Waals surface area contributed by atoms with E-state index < -0.39 is 0 Å². The first kappa shape index (κ1) is 19.3. The minimum Gasteiger partial charge on any atom is -0.315 e. The third-order valence-corrected chi connectivity index (χ3v) is 6.78. The van der Waals surface area contributed by atoms with Gasteiger partial charge in [-0.3, -0.25) is 4.79 Å². The summed E-state index contributed by atoms with van der Waals surface area (Å²) >= 11 is 4.97. The van der Waals surface area contributed by atoms with Crippen molar-refractivity contribution < 1.29 is 4.79 Å². The molecule has 0 unspecified atom stereocenters. The normalized spacial score (nSPS) is 12.1. The summed E-state index contributed by atoms with van der Waals surface area (Å²) in [7, 11) is 0. The molecule has 3 rings (SSSR count). The van der Waals surface area contributed by atoms with E-state index in [1.165, 1.54) is 15.8 Å². The van der Waals surface area contributed by atoms with Crippen LogP contribution < -0.4 is 4.80 Å². The Kier molecular flexibility index (Phi) is 6.27. The molecule has 0 aliphatic heterocycles. The van der Waals surface area contributed by atoms with E-state index in [0.29, 0.717) is 5.56 Å². The van der Waals surface area contributed by atoms with Crippen LogP contribution in [0.15, 0.2) is 46.3 Å². The molecule has 136 valence electrons. The molecule has 0 aliphatic carbocycles. The van der Waals surface area contributed by atoms with Crippen molar-refractivity contribution in [2.24, 2.45) is 4.99 Å². The largest absolute Gasteiger partial charge is 0.315 e. The highest BCUT2D eigenvalue weighted by molar-refractivity contribution is 7.98. The van der Waals surface area contributed by atoms with Gasteiger partial charge in [0, 0.05) is 17.2 Å². The van der Waals surface area contributed by atoms with E-state index in [9.17, 15) is 4.79 Å². The van der Waals surface area contributed by atoms with Gasteiger partial charge in [-0.05, 0) is 61.8 Å². The third-order valence-electron chi connectivity index (χ3n) is 4.35. The lowest BCUT2D eigenvalue weighted by Crippen LogP contribution is -2.18. The molecule has 0 aliphatic rings. The molecule has 0 fully saturated rings. The fourth-order valence-corrected chi connectivity index (χ4v) is 4.86. The van der Waals surface area contributed by atoms with Gasteiger partial charge in [0.2, 0.25) is 0 Å². The molecular formula is C20H22N2OS3. The number of fused-ring (bicyclic) bond motifs is 1. The van der Waals surface area contributed by atoms with Gasteiger partial charge in [-0.2, -0.15) is 16.8 Å². The summed E-state index contributed by atoms with van der Waals surface area (Å²) in [5.41, 5.74) is 4.36. The molecule has 0 saturated heterocycles. The summed E-state index contributed by atoms with van der Waals surface area (Å²) < 4.78 is 3.36. The molecule has 26 heavy (non-hydrogen) atoms. The lowest BCUT2D eigenvalue weighted by atomic mass is 10.1. The van der Waals surface area contributed by atoms with Crippen LogP contribution in [-0.4, -0.2) is 28.7 Å². The van der Waals surface area contributed by atoms with Crippen LogP contribution in [0.5, 0.6) is 0 Å². The molecule has 1 heterocycles. The highest BCUT2D eigenvalue weighted by atomic mass is 32.2. The second-order valence-corrected chi connectivity index (χ2v) is 8.89. The Morgan fingerprint density at radius 2 is 1.88 bits per heavy atom. The Hall–Kier alpha value is -1.50. The number of aryl methyl sites for hydroxylation is 3. The van der Waals surface area contributed by atoms with Gasteiger partial charge in [0.25, 0.3) is 5.91 Å². The lowest BCUT2D eigenvalue weighted by Gasteiger charge is -2.06. The van der Waals surface area contributed by atoms with Gasteiger partial charge in [0.1, 0.15) is 0 Å². The number of rotatable bonds is 5. The van der Waals surface area contributed by atoms with Gasteiger partial charge >= 0.3 is 0 Å². The van der Waals surface area contributed by atoms with Crippen LogP contribution >= 0.6 is 34.9 Å². The number of carbonyl (C=O) groups is 1. The molecule has 3 nitrogen and oxygen atoms in total. The zero-order chi connectivity index (χ0) is 18.7. The van der Waals surface area contributed by atoms with E-state index in [1.807, 2.05) is 30.5 Å². The first-order chi connectivity index (χ1) is 12.5. The summed E-state index contributed by atoms with van der Waals surface area (Å²) in [6, 6.07) is 12.1. The predicted octanol–water partition coefficient (Wildman–Crippen LogP) is 5.15. The van der Waals surface area contributed by atoms with Gasteiger partial charge in [-0.25, -0.2) is 0 Å². The Balaban J connectivity index is 2.16. The molecule has 0 radical (unpaired) electrons. The van der Waals surface area contributed by atoms with Gasteiger partial charge in [0.15, 0.2) is 4.80 Å². The number of aromatic nitrogens is 1. The van der Waals surface area contributed by atoms with Crippen LogP contribution in [0.1, 0.15) is 21.5 Å². The minimum atomic E-state index is -0.173. The highest BCUT2D eigenvalue weighted by Gasteiger charge is 2.12. The number of thiazole rings is 1. The maximum Gasteiger partial charge on any atom is 0.280 e. The van der Waals surface area contributed by atoms with Gasteiger partial charge in [-0.1, -0.05) is 23.5 Å². The quantitative estimate of drug-likeness (QED) is 0.554. The molecule has 0 bridgehead atoms. The summed E-state index contributed by atoms with van der Waals surface area (Å²) in [6.45, 7) is 5.10. The van der Waals surface area contributed by atoms with Crippen LogP contribution in [0.3, 0.4) is 0 Å². The maximum absolute atomic E-state index is 12.8. The first-order valence-corrected chi connectivity index (χ1v) is 11.8. The topological polar surface area (TPSA) is 34.4 Å². The smallest absolute Gasteiger partial charge is 0.280 e. The number of amides is 1. The van der Waals surface area contributed by atoms with Crippen LogP contribution in [0.4, 0.5) is 0 Å². The Morgan fingerprint density at radius 3 is 2.62 bits per heavy atom. The molecule has 2 aromatic carbocycles. The van der Waals surface area contributed by atoms with Crippen LogP contribution in [-0.2, 0) is 6.54 Å². The van der Waals surface area contributed by atoms with Crippen LogP contribution in [0.2, 0.25) is 0 Å². The molecular weight excluding hydrogens is 380 g/mol. The summed E-state index contributed by atoms with van der Waals surface area (Å²) in [4.78, 5) is 19.1. The predicted molar refractivity (Wildman–Crippen MR) is 116 cm³/mol. The van der Waals surface area contributed by atoms with E-state index in [2.05, 4.69) is 41.8 Å². The molecule has 0 atom stereocenters. The van der Waals surface area contributed by atoms with Crippen molar-refractivity contribution in [3.63, 3.8) is 0 Å². The van der Waals surface area contributed by atoms with E-state index in [1.54, 1.807) is 34.9 Å². The summed E-state index contributed by atoms with van der Waals surface area (Å²) in [5.74, 6) is 0.814. The van der Waals surface area contributed by atoms with Crippen LogP contribution in [0, 0.1) is 13.8 Å². The Bertz CT molecular complexity index is 1020. The number of benzene rings is 2. The van der Waals surface area contributed by atoms with Crippen molar-refractivity contribution in [1.82, 2.24) is 4.57 Å². The van der Waals surface area contributed by atoms with Crippen molar-refractivity contribution in [3.05, 3.63) is 57.9 Å². The number of carbonyl (C=O) groups excluding carboxylic acids is 1. The zero-order valence-corrected chi connectivity index (χ0v) is 17.9. The summed E-state index contributed by atoms with van der Waals surface area (Å²) in [5, 5.41) is 0. The molecule has 0 saturated carbocycles. The fourth-order valence-electron chi connectivity index (χ4n) is 2.77. The number of thioether (sulfide) groups is 2. The van der Waals surface area contributed by atoms with Crippen molar-refractivity contribution in [1.29, 1.82) is 0 Å². The van der Waals surface area contributed by atoms with Crippen molar-refractivity contribution in [2.75, 3.05) is 18.3 Å². The molecule has 0 N–H and O–H groups in total. The molecule has 3 aromatic rings. The second kappa shape index (κ2) is 8.46. The minimum absolute atomic E-state index is 0.173. The average Bonchev–Trinajstić information content (AvgIpc) is 2.96. The highest BCUT2D eigenvalue weighted by Crippen LogP contribution is 2.23. The van der Waals surface area contributed by atoms with Crippen molar-refractivity contribution in [2.45, 2.75) is 25.3 Å². The van der Waals surface area contributed by atoms with Gasteiger partial charge < -0.3 is 4.57 Å². The van der Waals surface area contributed by atoms with E-state index in [-0.39, 0.29) is 5.91 Å². The maximum atomic E-state index is 12.8. The lowest BCUT2D eigenvalue weighted by molar-refractivity contribution is 0.0995. The number of hydrogen-bond donors (Lipinski definition) is 0. The molecule has 1 aromatic heterocycles. The SMILES string of the molecule is CSCCn1c(=NC(=O)c2ccccc2SC)sc2cc(C)c(C)cc21. The van der Waals surface area contributed by atoms with Gasteiger partial charge in [-0.15, -0.1) is 11.8 Å². The zero-order valence-electron chi connectivity index (χ0n) is 15.4. The van der Waals surface area contributed by atoms with E-state index in [0.717, 1.165) is 27.5 Å². The Morgan fingerprint density at radius 1 is 1.15 bits per heavy atom. The first-order valence-electron chi connectivity index (χ1n) is 8.36. The number of hydrogen-bond acceptors (Lipinski definition) is 4. The van der Waals surface area contributed by atoms with E-state index in [4.69, 9.17) is 0 Å². The van der Waals surface area contributed by atoms with E-state index >= 15 is 0 Å².